The molecule has 1 aliphatic heterocycles. The average Bonchev–Trinajstić information content (AvgIpc) is 2.89. The van der Waals surface area contributed by atoms with Crippen LogP contribution in [0.15, 0.2) is 48.8 Å². The molecule has 0 saturated carbocycles. The van der Waals surface area contributed by atoms with E-state index in [-0.39, 0.29) is 6.15 Å². The normalized spacial score (nSPS) is 18.7. The molecular weight excluding hydrogens is 248 g/mol. The molecule has 0 amide bonds. The van der Waals surface area contributed by atoms with Crippen molar-refractivity contribution < 1.29 is 0 Å². The van der Waals surface area contributed by atoms with Crippen LogP contribution in [0.5, 0.6) is 0 Å². The fourth-order valence-corrected chi connectivity index (χ4v) is 2.86. The number of rotatable bonds is 3. The third-order valence-corrected chi connectivity index (χ3v) is 3.85. The fraction of sp³-hybridized carbons (Fsp3) is 0.312. The van der Waals surface area contributed by atoms with Crippen molar-refractivity contribution in [2.75, 3.05) is 18.8 Å². The molecule has 1 aliphatic rings. The van der Waals surface area contributed by atoms with Gasteiger partial charge in [0.15, 0.2) is 0 Å². The van der Waals surface area contributed by atoms with Gasteiger partial charge < -0.3 is 11.9 Å². The topological polar surface area (TPSA) is 77.1 Å². The molecule has 2 aromatic rings. The molecule has 0 spiro atoms. The van der Waals surface area contributed by atoms with Gasteiger partial charge in [0.2, 0.25) is 0 Å². The lowest BCUT2D eigenvalue weighted by Crippen LogP contribution is -2.19. The van der Waals surface area contributed by atoms with Crippen molar-refractivity contribution in [2.24, 2.45) is 0 Å². The lowest BCUT2D eigenvalue weighted by molar-refractivity contribution is 0.327. The second-order valence-corrected chi connectivity index (χ2v) is 5.21. The summed E-state index contributed by atoms with van der Waals surface area (Å²) in [5, 5.41) is 0. The summed E-state index contributed by atoms with van der Waals surface area (Å²) in [5.41, 5.74) is 9.48. The zero-order valence-electron chi connectivity index (χ0n) is 11.7. The molecule has 1 aromatic heterocycles. The molecule has 106 valence electrons. The molecule has 5 N–H and O–H groups in total. The predicted molar refractivity (Wildman–Crippen MR) is 82.7 cm³/mol. The summed E-state index contributed by atoms with van der Waals surface area (Å²) >= 11 is 0. The molecule has 1 aromatic carbocycles. The van der Waals surface area contributed by atoms with Crippen molar-refractivity contribution in [3.05, 3.63) is 59.9 Å². The summed E-state index contributed by atoms with van der Waals surface area (Å²) in [6.45, 7) is 3.26. The van der Waals surface area contributed by atoms with E-state index in [1.54, 1.807) is 6.20 Å². The number of likely N-dealkylation sites (tertiary alicyclic amines) is 1. The van der Waals surface area contributed by atoms with Gasteiger partial charge in [-0.05, 0) is 36.1 Å². The molecule has 0 aliphatic carbocycles. The van der Waals surface area contributed by atoms with E-state index in [1.165, 1.54) is 17.5 Å². The maximum absolute atomic E-state index is 6.02. The van der Waals surface area contributed by atoms with Crippen LogP contribution in [0.1, 0.15) is 23.5 Å². The Hall–Kier alpha value is -1.91. The Labute approximate surface area is 120 Å². The second-order valence-electron chi connectivity index (χ2n) is 5.21. The van der Waals surface area contributed by atoms with Crippen LogP contribution < -0.4 is 11.9 Å². The second kappa shape index (κ2) is 6.50. The first-order chi connectivity index (χ1) is 9.33. The van der Waals surface area contributed by atoms with Gasteiger partial charge >= 0.3 is 0 Å². The first kappa shape index (κ1) is 14.5. The van der Waals surface area contributed by atoms with E-state index in [4.69, 9.17) is 5.73 Å². The Morgan fingerprint density at radius 2 is 2.00 bits per heavy atom. The van der Waals surface area contributed by atoms with Gasteiger partial charge in [0.1, 0.15) is 0 Å². The SMILES string of the molecule is N.Nc1cnccc1C1CCN(Cc2ccccc2)C1. The van der Waals surface area contributed by atoms with Crippen molar-refractivity contribution in [1.82, 2.24) is 16.0 Å². The molecule has 3 rings (SSSR count). The summed E-state index contributed by atoms with van der Waals surface area (Å²) in [7, 11) is 0. The zero-order chi connectivity index (χ0) is 13.1. The Kier molecular flexibility index (Phi) is 4.71. The smallest absolute Gasteiger partial charge is 0.0536 e. The molecule has 4 nitrogen and oxygen atoms in total. The Balaban J connectivity index is 0.00000147. The number of pyridine rings is 1. The number of benzene rings is 1. The maximum Gasteiger partial charge on any atom is 0.0536 e. The van der Waals surface area contributed by atoms with E-state index in [0.717, 1.165) is 25.3 Å². The molecular formula is C16H22N4. The van der Waals surface area contributed by atoms with E-state index in [0.29, 0.717) is 5.92 Å². The first-order valence-electron chi connectivity index (χ1n) is 6.78. The monoisotopic (exact) mass is 270 g/mol. The van der Waals surface area contributed by atoms with Gasteiger partial charge in [-0.2, -0.15) is 0 Å². The summed E-state index contributed by atoms with van der Waals surface area (Å²) in [4.78, 5) is 6.56. The number of hydrogen-bond donors (Lipinski definition) is 2. The molecule has 2 heterocycles. The molecule has 1 saturated heterocycles. The van der Waals surface area contributed by atoms with Gasteiger partial charge in [-0.15, -0.1) is 0 Å². The maximum atomic E-state index is 6.02. The number of nitrogens with two attached hydrogens (primary N) is 1. The van der Waals surface area contributed by atoms with E-state index < -0.39 is 0 Å². The number of aromatic nitrogens is 1. The molecule has 20 heavy (non-hydrogen) atoms. The minimum atomic E-state index is 0. The quantitative estimate of drug-likeness (QED) is 0.899. The van der Waals surface area contributed by atoms with Crippen molar-refractivity contribution in [3.8, 4) is 0 Å². The molecule has 4 heteroatoms. The third-order valence-electron chi connectivity index (χ3n) is 3.85. The fourth-order valence-electron chi connectivity index (χ4n) is 2.86. The van der Waals surface area contributed by atoms with E-state index >= 15 is 0 Å². The van der Waals surface area contributed by atoms with Gasteiger partial charge in [0, 0.05) is 19.3 Å². The largest absolute Gasteiger partial charge is 0.397 e. The van der Waals surface area contributed by atoms with Crippen LogP contribution in [0.4, 0.5) is 5.69 Å². The third kappa shape index (κ3) is 3.15. The van der Waals surface area contributed by atoms with Gasteiger partial charge in [-0.1, -0.05) is 30.3 Å². The van der Waals surface area contributed by atoms with Crippen molar-refractivity contribution in [3.63, 3.8) is 0 Å². The highest BCUT2D eigenvalue weighted by atomic mass is 15.1. The summed E-state index contributed by atoms with van der Waals surface area (Å²) in [6.07, 6.45) is 4.78. The average molecular weight is 270 g/mol. The highest BCUT2D eigenvalue weighted by Crippen LogP contribution is 2.30. The first-order valence-corrected chi connectivity index (χ1v) is 6.78. The Bertz CT molecular complexity index is 541. The summed E-state index contributed by atoms with van der Waals surface area (Å²) < 4.78 is 0. The summed E-state index contributed by atoms with van der Waals surface area (Å²) in [5.74, 6) is 0.548. The lowest BCUT2D eigenvalue weighted by atomic mass is 9.98. The molecule has 0 radical (unpaired) electrons. The molecule has 1 unspecified atom stereocenters. The molecule has 1 fully saturated rings. The number of anilines is 1. The number of nitrogens with zero attached hydrogens (tertiary/aromatic N) is 2. The van der Waals surface area contributed by atoms with E-state index in [1.807, 2.05) is 6.20 Å². The van der Waals surface area contributed by atoms with Crippen LogP contribution in [0.3, 0.4) is 0 Å². The van der Waals surface area contributed by atoms with Crippen LogP contribution in [-0.2, 0) is 6.54 Å². The van der Waals surface area contributed by atoms with Crippen LogP contribution in [0, 0.1) is 0 Å². The predicted octanol–water partition coefficient (Wildman–Crippen LogP) is 2.82. The highest BCUT2D eigenvalue weighted by Gasteiger charge is 2.25. The van der Waals surface area contributed by atoms with E-state index in [2.05, 4.69) is 46.3 Å². The van der Waals surface area contributed by atoms with Gasteiger partial charge in [-0.3, -0.25) is 9.88 Å². The lowest BCUT2D eigenvalue weighted by Gasteiger charge is -2.17. The Morgan fingerprint density at radius 3 is 2.75 bits per heavy atom. The molecule has 1 atom stereocenters. The van der Waals surface area contributed by atoms with Crippen molar-refractivity contribution >= 4 is 5.69 Å². The van der Waals surface area contributed by atoms with Crippen molar-refractivity contribution in [2.45, 2.75) is 18.9 Å². The van der Waals surface area contributed by atoms with Crippen LogP contribution in [0.2, 0.25) is 0 Å². The minimum Gasteiger partial charge on any atom is -0.397 e. The number of hydrogen-bond acceptors (Lipinski definition) is 4. The summed E-state index contributed by atoms with van der Waals surface area (Å²) in [6, 6.07) is 12.7. The van der Waals surface area contributed by atoms with Gasteiger partial charge in [0.05, 0.1) is 11.9 Å². The van der Waals surface area contributed by atoms with Crippen LogP contribution in [-0.4, -0.2) is 23.0 Å². The van der Waals surface area contributed by atoms with Crippen LogP contribution >= 0.6 is 0 Å². The highest BCUT2D eigenvalue weighted by molar-refractivity contribution is 5.46. The van der Waals surface area contributed by atoms with Gasteiger partial charge in [0.25, 0.3) is 0 Å². The minimum absolute atomic E-state index is 0. The molecule has 0 bridgehead atoms. The van der Waals surface area contributed by atoms with Gasteiger partial charge in [-0.25, -0.2) is 0 Å². The van der Waals surface area contributed by atoms with Crippen LogP contribution in [0.25, 0.3) is 0 Å². The van der Waals surface area contributed by atoms with E-state index in [9.17, 15) is 0 Å². The zero-order valence-corrected chi connectivity index (χ0v) is 11.7. The standard InChI is InChI=1S/C16H19N3.H3N/c17-16-10-18-8-6-15(16)14-7-9-19(12-14)11-13-4-2-1-3-5-13;/h1-6,8,10,14H,7,9,11-12,17H2;1H3. The number of nitrogen functional groups attached to an aromatic ring is 1. The Morgan fingerprint density at radius 1 is 1.20 bits per heavy atom. The van der Waals surface area contributed by atoms with Crippen molar-refractivity contribution in [1.29, 1.82) is 0 Å².